The van der Waals surface area contributed by atoms with Crippen LogP contribution in [0, 0.1) is 23.2 Å². The molecule has 0 spiro atoms. The number of methoxy groups -OCH3 is 1. The molecule has 2 fully saturated rings. The number of rotatable bonds is 3. The Kier molecular flexibility index (Phi) is 4.13. The Bertz CT molecular complexity index is 775. The van der Waals surface area contributed by atoms with Crippen LogP contribution in [-0.4, -0.2) is 24.8 Å². The zero-order valence-corrected chi connectivity index (χ0v) is 16.0. The Morgan fingerprint density at radius 1 is 1.08 bits per heavy atom. The van der Waals surface area contributed by atoms with Gasteiger partial charge in [-0.15, -0.1) is 0 Å². The summed E-state index contributed by atoms with van der Waals surface area (Å²) < 4.78 is 5.34. The molecule has 3 amide bonds. The van der Waals surface area contributed by atoms with Crippen LogP contribution in [0.15, 0.2) is 18.2 Å². The molecule has 1 aliphatic heterocycles. The first kappa shape index (κ1) is 18.4. The van der Waals surface area contributed by atoms with E-state index in [4.69, 9.17) is 4.74 Å². The summed E-state index contributed by atoms with van der Waals surface area (Å²) >= 11 is 0. The Morgan fingerprint density at radius 2 is 1.65 bits per heavy atom. The van der Waals surface area contributed by atoms with Gasteiger partial charge in [-0.1, -0.05) is 26.8 Å². The highest BCUT2D eigenvalue weighted by molar-refractivity contribution is 6.05. The minimum atomic E-state index is -0.829. The summed E-state index contributed by atoms with van der Waals surface area (Å²) in [7, 11) is 1.55. The highest BCUT2D eigenvalue weighted by Gasteiger charge is 2.60. The summed E-state index contributed by atoms with van der Waals surface area (Å²) in [4.78, 5) is 38.0. The zero-order valence-electron chi connectivity index (χ0n) is 16.0. The van der Waals surface area contributed by atoms with Crippen LogP contribution in [-0.2, 0) is 14.4 Å². The van der Waals surface area contributed by atoms with Gasteiger partial charge in [0.05, 0.1) is 12.8 Å². The Morgan fingerprint density at radius 3 is 2.19 bits per heavy atom. The highest BCUT2D eigenvalue weighted by atomic mass is 16.5. The van der Waals surface area contributed by atoms with Crippen LogP contribution < -0.4 is 15.4 Å². The number of fused-ring (bicyclic) bond motifs is 2. The minimum absolute atomic E-state index is 0.193. The molecule has 0 radical (unpaired) electrons. The first-order chi connectivity index (χ1) is 12.0. The Hall–Kier alpha value is -2.37. The summed E-state index contributed by atoms with van der Waals surface area (Å²) in [6, 6.07) is 5.57. The number of benzene rings is 1. The van der Waals surface area contributed by atoms with Crippen molar-refractivity contribution in [2.24, 2.45) is 16.2 Å². The molecule has 1 heterocycles. The van der Waals surface area contributed by atoms with Crippen molar-refractivity contribution in [1.82, 2.24) is 5.32 Å². The lowest BCUT2D eigenvalue weighted by molar-refractivity contribution is -0.163. The third kappa shape index (κ3) is 2.87. The minimum Gasteiger partial charge on any atom is -0.495 e. The number of carbonyl (C=O) groups excluding carboxylic acids is 3. The average Bonchev–Trinajstić information content (AvgIpc) is 2.52. The van der Waals surface area contributed by atoms with Crippen LogP contribution in [0.2, 0.25) is 0 Å². The number of nitrogens with one attached hydrogen (secondary N) is 2. The van der Waals surface area contributed by atoms with E-state index in [0.29, 0.717) is 30.7 Å². The fourth-order valence-corrected chi connectivity index (χ4v) is 4.85. The summed E-state index contributed by atoms with van der Waals surface area (Å²) in [6.45, 7) is 7.45. The van der Waals surface area contributed by atoms with E-state index in [-0.39, 0.29) is 17.7 Å². The van der Waals surface area contributed by atoms with Gasteiger partial charge in [-0.2, -0.15) is 0 Å². The third-order valence-corrected chi connectivity index (χ3v) is 5.82. The topological polar surface area (TPSA) is 84.5 Å². The molecule has 2 atom stereocenters. The fourth-order valence-electron chi connectivity index (χ4n) is 4.85. The summed E-state index contributed by atoms with van der Waals surface area (Å²) in [6.07, 6.45) is 1.27. The van der Waals surface area contributed by atoms with E-state index in [0.717, 1.165) is 5.56 Å². The second kappa shape index (κ2) is 5.83. The molecule has 26 heavy (non-hydrogen) atoms. The van der Waals surface area contributed by atoms with E-state index >= 15 is 0 Å². The largest absolute Gasteiger partial charge is 0.495 e. The van der Waals surface area contributed by atoms with Crippen LogP contribution in [0.25, 0.3) is 0 Å². The van der Waals surface area contributed by atoms with Crippen LogP contribution in [0.3, 0.4) is 0 Å². The molecule has 1 aromatic rings. The molecule has 1 aliphatic carbocycles. The standard InChI is InChI=1S/C20H26N2O4/c1-12-6-7-14(26-5)13(8-12)21-15(23)18(2)9-19(3)11-20(4,10-18)17(25)22-16(19)24/h6-8H,9-11H2,1-5H3,(H,21,23)(H,22,24,25). The summed E-state index contributed by atoms with van der Waals surface area (Å²) in [5.41, 5.74) is -0.696. The van der Waals surface area contributed by atoms with Crippen molar-refractivity contribution in [3.63, 3.8) is 0 Å². The summed E-state index contributed by atoms with van der Waals surface area (Å²) in [5, 5.41) is 5.44. The molecule has 2 N–H and O–H groups in total. The smallest absolute Gasteiger partial charge is 0.232 e. The van der Waals surface area contributed by atoms with Crippen LogP contribution in [0.5, 0.6) is 5.75 Å². The van der Waals surface area contributed by atoms with Gasteiger partial charge in [0.25, 0.3) is 0 Å². The SMILES string of the molecule is COc1ccc(C)cc1NC(=O)C1(C)CC2(C)CC(C)(C1)C(=O)NC2=O. The van der Waals surface area contributed by atoms with Gasteiger partial charge in [0.15, 0.2) is 0 Å². The van der Waals surface area contributed by atoms with Gasteiger partial charge in [-0.05, 0) is 43.9 Å². The molecule has 0 aromatic heterocycles. The summed E-state index contributed by atoms with van der Waals surface area (Å²) in [5.74, 6) is -0.186. The van der Waals surface area contributed by atoms with E-state index in [1.807, 2.05) is 45.9 Å². The number of imide groups is 1. The molecule has 140 valence electrons. The van der Waals surface area contributed by atoms with Crippen molar-refractivity contribution >= 4 is 23.4 Å². The van der Waals surface area contributed by atoms with Crippen molar-refractivity contribution < 1.29 is 19.1 Å². The van der Waals surface area contributed by atoms with E-state index < -0.39 is 16.2 Å². The number of piperidine rings is 1. The molecule has 6 nitrogen and oxygen atoms in total. The number of carbonyl (C=O) groups is 3. The lowest BCUT2D eigenvalue weighted by Crippen LogP contribution is -2.63. The third-order valence-electron chi connectivity index (χ3n) is 5.82. The molecule has 1 saturated heterocycles. The first-order valence-corrected chi connectivity index (χ1v) is 8.83. The number of aryl methyl sites for hydroxylation is 1. The van der Waals surface area contributed by atoms with E-state index in [9.17, 15) is 14.4 Å². The first-order valence-electron chi connectivity index (χ1n) is 8.83. The average molecular weight is 358 g/mol. The van der Waals surface area contributed by atoms with Gasteiger partial charge in [0.2, 0.25) is 17.7 Å². The molecule has 1 aromatic carbocycles. The monoisotopic (exact) mass is 358 g/mol. The molecule has 1 saturated carbocycles. The van der Waals surface area contributed by atoms with Crippen LogP contribution >= 0.6 is 0 Å². The van der Waals surface area contributed by atoms with E-state index in [1.54, 1.807) is 7.11 Å². The maximum absolute atomic E-state index is 13.2. The van der Waals surface area contributed by atoms with Crippen molar-refractivity contribution in [3.05, 3.63) is 23.8 Å². The molecular formula is C20H26N2O4. The zero-order chi connectivity index (χ0) is 19.3. The second-order valence-electron chi connectivity index (χ2n) is 8.65. The van der Waals surface area contributed by atoms with Crippen molar-refractivity contribution in [2.75, 3.05) is 12.4 Å². The lowest BCUT2D eigenvalue weighted by atomic mass is 9.52. The van der Waals surface area contributed by atoms with Gasteiger partial charge in [0, 0.05) is 16.2 Å². The number of hydrogen-bond donors (Lipinski definition) is 2. The predicted octanol–water partition coefficient (Wildman–Crippen LogP) is 2.80. The number of ether oxygens (including phenoxy) is 1. The van der Waals surface area contributed by atoms with Crippen molar-refractivity contribution in [3.8, 4) is 5.75 Å². The molecular weight excluding hydrogens is 332 g/mol. The maximum Gasteiger partial charge on any atom is 0.232 e. The normalized spacial score (nSPS) is 33.4. The number of hydrogen-bond acceptors (Lipinski definition) is 4. The molecule has 2 unspecified atom stereocenters. The van der Waals surface area contributed by atoms with Gasteiger partial charge in [-0.25, -0.2) is 0 Å². The van der Waals surface area contributed by atoms with Crippen LogP contribution in [0.4, 0.5) is 5.69 Å². The van der Waals surface area contributed by atoms with Crippen molar-refractivity contribution in [1.29, 1.82) is 0 Å². The second-order valence-corrected chi connectivity index (χ2v) is 8.65. The van der Waals surface area contributed by atoms with Gasteiger partial charge >= 0.3 is 0 Å². The molecule has 3 rings (SSSR count). The fraction of sp³-hybridized carbons (Fsp3) is 0.550. The Labute approximate surface area is 153 Å². The van der Waals surface area contributed by atoms with Crippen molar-refractivity contribution in [2.45, 2.75) is 47.0 Å². The number of amides is 3. The highest BCUT2D eigenvalue weighted by Crippen LogP contribution is 2.56. The van der Waals surface area contributed by atoms with E-state index in [2.05, 4.69) is 10.6 Å². The van der Waals surface area contributed by atoms with Gasteiger partial charge < -0.3 is 10.1 Å². The number of anilines is 1. The molecule has 2 bridgehead atoms. The Balaban J connectivity index is 1.93. The van der Waals surface area contributed by atoms with Crippen LogP contribution in [0.1, 0.15) is 45.6 Å². The van der Waals surface area contributed by atoms with Gasteiger partial charge in [0.1, 0.15) is 5.75 Å². The molecule has 6 heteroatoms. The van der Waals surface area contributed by atoms with Gasteiger partial charge in [-0.3, -0.25) is 19.7 Å². The van der Waals surface area contributed by atoms with E-state index in [1.165, 1.54) is 0 Å². The molecule has 2 aliphatic rings. The predicted molar refractivity (Wildman–Crippen MR) is 97.7 cm³/mol. The quantitative estimate of drug-likeness (QED) is 0.814. The maximum atomic E-state index is 13.2. The lowest BCUT2D eigenvalue weighted by Gasteiger charge is -2.53.